The average molecular weight is 267 g/mol. The highest BCUT2D eigenvalue weighted by Crippen LogP contribution is 2.16. The summed E-state index contributed by atoms with van der Waals surface area (Å²) in [5.74, 6) is 0.696. The molecule has 0 spiro atoms. The monoisotopic (exact) mass is 267 g/mol. The van der Waals surface area contributed by atoms with E-state index in [0.29, 0.717) is 29.4 Å². The third kappa shape index (κ3) is 5.49. The first-order chi connectivity index (χ1) is 8.61. The molecule has 18 heavy (non-hydrogen) atoms. The van der Waals surface area contributed by atoms with Gasteiger partial charge in [0.2, 0.25) is 0 Å². The van der Waals surface area contributed by atoms with Crippen LogP contribution in [-0.2, 0) is 0 Å². The van der Waals surface area contributed by atoms with Crippen LogP contribution in [0.25, 0.3) is 0 Å². The van der Waals surface area contributed by atoms with Crippen molar-refractivity contribution in [3.05, 3.63) is 24.3 Å². The molecule has 6 heteroatoms. The highest BCUT2D eigenvalue weighted by molar-refractivity contribution is 7.80. The zero-order valence-corrected chi connectivity index (χ0v) is 11.0. The summed E-state index contributed by atoms with van der Waals surface area (Å²) in [6.07, 6.45) is 1.37. The first-order valence-corrected chi connectivity index (χ1v) is 6.00. The second-order valence-corrected chi connectivity index (χ2v) is 4.21. The van der Waals surface area contributed by atoms with E-state index in [1.54, 1.807) is 25.3 Å². The van der Waals surface area contributed by atoms with Crippen molar-refractivity contribution in [1.29, 1.82) is 0 Å². The summed E-state index contributed by atoms with van der Waals surface area (Å²) in [6, 6.07) is 6.89. The molecule has 0 bridgehead atoms. The van der Waals surface area contributed by atoms with Crippen LogP contribution in [0.4, 0.5) is 10.5 Å². The van der Waals surface area contributed by atoms with Gasteiger partial charge in [0.25, 0.3) is 0 Å². The zero-order valence-electron chi connectivity index (χ0n) is 10.2. The van der Waals surface area contributed by atoms with Crippen molar-refractivity contribution in [3.8, 4) is 5.75 Å². The second-order valence-electron chi connectivity index (χ2n) is 3.68. The lowest BCUT2D eigenvalue weighted by atomic mass is 10.3. The molecule has 0 heterocycles. The Labute approximate surface area is 112 Å². The van der Waals surface area contributed by atoms with Crippen LogP contribution in [0.2, 0.25) is 0 Å². The first-order valence-electron chi connectivity index (χ1n) is 5.59. The van der Waals surface area contributed by atoms with Crippen LogP contribution < -0.4 is 21.1 Å². The predicted molar refractivity (Wildman–Crippen MR) is 76.0 cm³/mol. The van der Waals surface area contributed by atoms with Gasteiger partial charge in [-0.05, 0) is 25.0 Å². The Morgan fingerprint density at radius 3 is 2.94 bits per heavy atom. The smallest absolute Gasteiger partial charge is 0.319 e. The lowest BCUT2D eigenvalue weighted by Gasteiger charge is -2.08. The van der Waals surface area contributed by atoms with Gasteiger partial charge in [0.05, 0.1) is 12.1 Å². The fourth-order valence-corrected chi connectivity index (χ4v) is 1.48. The average Bonchev–Trinajstić information content (AvgIpc) is 2.34. The number of nitrogens with one attached hydrogen (secondary N) is 2. The van der Waals surface area contributed by atoms with Crippen molar-refractivity contribution in [2.45, 2.75) is 12.8 Å². The Morgan fingerprint density at radius 2 is 2.28 bits per heavy atom. The van der Waals surface area contributed by atoms with Crippen molar-refractivity contribution in [2.75, 3.05) is 19.0 Å². The molecular formula is C12H17N3O2S. The number of anilines is 1. The highest BCUT2D eigenvalue weighted by Gasteiger charge is 2.01. The Hall–Kier alpha value is -1.82. The van der Waals surface area contributed by atoms with Gasteiger partial charge < -0.3 is 21.1 Å². The van der Waals surface area contributed by atoms with Gasteiger partial charge >= 0.3 is 6.03 Å². The molecule has 4 N–H and O–H groups in total. The van der Waals surface area contributed by atoms with Gasteiger partial charge in [0.15, 0.2) is 0 Å². The molecular weight excluding hydrogens is 250 g/mol. The van der Waals surface area contributed by atoms with E-state index in [9.17, 15) is 4.79 Å². The van der Waals surface area contributed by atoms with E-state index < -0.39 is 0 Å². The molecule has 0 aliphatic rings. The van der Waals surface area contributed by atoms with Crippen molar-refractivity contribution in [3.63, 3.8) is 0 Å². The quantitative estimate of drug-likeness (QED) is 0.543. The van der Waals surface area contributed by atoms with E-state index in [2.05, 4.69) is 10.6 Å². The lowest BCUT2D eigenvalue weighted by molar-refractivity contribution is 0.252. The normalized spacial score (nSPS) is 9.61. The molecule has 1 rings (SSSR count). The van der Waals surface area contributed by atoms with Gasteiger partial charge in [-0.2, -0.15) is 0 Å². The number of ether oxygens (including phenoxy) is 1. The van der Waals surface area contributed by atoms with Gasteiger partial charge in [-0.3, -0.25) is 0 Å². The van der Waals surface area contributed by atoms with E-state index in [0.717, 1.165) is 6.42 Å². The molecule has 0 aliphatic carbocycles. The molecule has 0 saturated carbocycles. The maximum atomic E-state index is 11.5. The lowest BCUT2D eigenvalue weighted by Crippen LogP contribution is -2.30. The van der Waals surface area contributed by atoms with Crippen molar-refractivity contribution >= 4 is 28.9 Å². The number of urea groups is 1. The number of rotatable bonds is 6. The van der Waals surface area contributed by atoms with Gasteiger partial charge in [-0.25, -0.2) is 4.79 Å². The van der Waals surface area contributed by atoms with Crippen LogP contribution in [0, 0.1) is 0 Å². The number of amides is 2. The Bertz CT molecular complexity index is 424. The Morgan fingerprint density at radius 1 is 1.50 bits per heavy atom. The van der Waals surface area contributed by atoms with E-state index in [1.807, 2.05) is 6.07 Å². The number of hydrogen-bond donors (Lipinski definition) is 3. The first kappa shape index (κ1) is 14.2. The van der Waals surface area contributed by atoms with E-state index in [-0.39, 0.29) is 6.03 Å². The minimum atomic E-state index is -0.258. The molecule has 1 aromatic carbocycles. The summed E-state index contributed by atoms with van der Waals surface area (Å²) in [7, 11) is 1.58. The van der Waals surface area contributed by atoms with Gasteiger partial charge in [0.1, 0.15) is 5.75 Å². The van der Waals surface area contributed by atoms with Gasteiger partial charge in [0, 0.05) is 18.3 Å². The predicted octanol–water partition coefficient (Wildman–Crippen LogP) is 1.88. The molecule has 1 aromatic rings. The molecule has 0 fully saturated rings. The fraction of sp³-hybridized carbons (Fsp3) is 0.333. The number of thiocarbonyl (C=S) groups is 1. The largest absolute Gasteiger partial charge is 0.497 e. The minimum Gasteiger partial charge on any atom is -0.497 e. The topological polar surface area (TPSA) is 76.4 Å². The van der Waals surface area contributed by atoms with Crippen molar-refractivity contribution in [1.82, 2.24) is 5.32 Å². The summed E-state index contributed by atoms with van der Waals surface area (Å²) in [5, 5.41) is 5.43. The minimum absolute atomic E-state index is 0.258. The van der Waals surface area contributed by atoms with E-state index in [1.165, 1.54) is 0 Å². The molecule has 5 nitrogen and oxygen atoms in total. The van der Waals surface area contributed by atoms with Crippen LogP contribution in [0.3, 0.4) is 0 Å². The molecule has 0 aliphatic heterocycles. The fourth-order valence-electron chi connectivity index (χ4n) is 1.34. The van der Waals surface area contributed by atoms with Crippen LogP contribution in [0.5, 0.6) is 5.75 Å². The van der Waals surface area contributed by atoms with Crippen LogP contribution in [0.15, 0.2) is 24.3 Å². The number of carbonyl (C=O) groups excluding carboxylic acids is 1. The van der Waals surface area contributed by atoms with E-state index >= 15 is 0 Å². The van der Waals surface area contributed by atoms with Gasteiger partial charge in [-0.15, -0.1) is 0 Å². The SMILES string of the molecule is COc1cccc(NC(=O)NCCCC(N)=S)c1. The maximum absolute atomic E-state index is 11.5. The molecule has 0 atom stereocenters. The number of benzene rings is 1. The molecule has 98 valence electrons. The molecule has 0 saturated heterocycles. The zero-order chi connectivity index (χ0) is 13.4. The Balaban J connectivity index is 2.33. The van der Waals surface area contributed by atoms with Crippen molar-refractivity contribution < 1.29 is 9.53 Å². The van der Waals surface area contributed by atoms with Gasteiger partial charge in [-0.1, -0.05) is 18.3 Å². The van der Waals surface area contributed by atoms with Crippen molar-refractivity contribution in [2.24, 2.45) is 5.73 Å². The Kier molecular flexibility index (Phi) is 5.93. The standard InChI is InChI=1S/C12H17N3O2S/c1-17-10-5-2-4-9(8-10)15-12(16)14-7-3-6-11(13)18/h2,4-5,8H,3,6-7H2,1H3,(H2,13,18)(H2,14,15,16). The molecule has 0 unspecified atom stereocenters. The summed E-state index contributed by atoms with van der Waals surface area (Å²) in [5.41, 5.74) is 6.04. The number of nitrogens with two attached hydrogens (primary N) is 1. The summed E-state index contributed by atoms with van der Waals surface area (Å²) < 4.78 is 5.06. The summed E-state index contributed by atoms with van der Waals surface area (Å²) in [6.45, 7) is 0.535. The second kappa shape index (κ2) is 7.50. The van der Waals surface area contributed by atoms with Crippen LogP contribution in [0.1, 0.15) is 12.8 Å². The third-order valence-electron chi connectivity index (χ3n) is 2.21. The summed E-state index contributed by atoms with van der Waals surface area (Å²) in [4.78, 5) is 12.0. The summed E-state index contributed by atoms with van der Waals surface area (Å²) >= 11 is 4.74. The number of hydrogen-bond acceptors (Lipinski definition) is 3. The highest BCUT2D eigenvalue weighted by atomic mass is 32.1. The third-order valence-corrected chi connectivity index (χ3v) is 2.42. The van der Waals surface area contributed by atoms with Crippen LogP contribution in [-0.4, -0.2) is 24.7 Å². The number of methoxy groups -OCH3 is 1. The molecule has 0 aromatic heterocycles. The van der Waals surface area contributed by atoms with Crippen LogP contribution >= 0.6 is 12.2 Å². The number of carbonyl (C=O) groups is 1. The molecule has 0 radical (unpaired) electrons. The van der Waals surface area contributed by atoms with E-state index in [4.69, 9.17) is 22.7 Å². The molecule has 2 amide bonds. The maximum Gasteiger partial charge on any atom is 0.319 e.